The van der Waals surface area contributed by atoms with Crippen molar-refractivity contribution >= 4 is 34.1 Å². The van der Waals surface area contributed by atoms with E-state index < -0.39 is 11.9 Å². The monoisotopic (exact) mass is 463 g/mol. The average Bonchev–Trinajstić information content (AvgIpc) is 2.75. The summed E-state index contributed by atoms with van der Waals surface area (Å²) in [7, 11) is 0. The van der Waals surface area contributed by atoms with Gasteiger partial charge in [0.05, 0.1) is 5.52 Å². The van der Waals surface area contributed by atoms with E-state index in [9.17, 15) is 23.1 Å². The van der Waals surface area contributed by atoms with Crippen molar-refractivity contribution in [1.29, 1.82) is 0 Å². The third kappa shape index (κ3) is 5.07. The second-order valence-corrected chi connectivity index (χ2v) is 8.36. The molecule has 168 valence electrons. The number of pyridine rings is 1. The standard InChI is InChI=1S/C23H21ClF3N3O2/c24-14-3-10-19-18(11-14)20(12-21(30-19)23(25,26)27)28-15-4-6-16(7-5-15)29-22(32)13-1-8-17(31)9-2-13/h1-3,8-12,15-16,31H,4-7H2,(H,28,30)(H,29,32)/t15-,16+. The minimum atomic E-state index is -4.56. The summed E-state index contributed by atoms with van der Waals surface area (Å²) in [6.07, 6.45) is -1.80. The summed E-state index contributed by atoms with van der Waals surface area (Å²) < 4.78 is 40.0. The fourth-order valence-electron chi connectivity index (χ4n) is 3.95. The van der Waals surface area contributed by atoms with E-state index in [1.165, 1.54) is 24.3 Å². The molecule has 1 fully saturated rings. The average molecular weight is 464 g/mol. The number of carbonyl (C=O) groups is 1. The van der Waals surface area contributed by atoms with Crippen LogP contribution in [0.15, 0.2) is 48.5 Å². The van der Waals surface area contributed by atoms with Crippen LogP contribution in [0.2, 0.25) is 5.02 Å². The van der Waals surface area contributed by atoms with Gasteiger partial charge in [-0.1, -0.05) is 11.6 Å². The van der Waals surface area contributed by atoms with Gasteiger partial charge in [0.15, 0.2) is 0 Å². The number of phenols is 1. The number of hydrogen-bond acceptors (Lipinski definition) is 4. The Hall–Kier alpha value is -3.00. The number of rotatable bonds is 4. The summed E-state index contributed by atoms with van der Waals surface area (Å²) in [6.45, 7) is 0. The molecule has 1 amide bonds. The van der Waals surface area contributed by atoms with Crippen molar-refractivity contribution < 1.29 is 23.1 Å². The van der Waals surface area contributed by atoms with E-state index in [1.807, 2.05) is 0 Å². The minimum absolute atomic E-state index is 0.0243. The maximum absolute atomic E-state index is 13.3. The molecule has 1 aliphatic carbocycles. The molecule has 0 saturated heterocycles. The van der Waals surface area contributed by atoms with E-state index in [0.29, 0.717) is 47.3 Å². The molecule has 1 aliphatic rings. The van der Waals surface area contributed by atoms with E-state index in [4.69, 9.17) is 11.6 Å². The molecule has 5 nitrogen and oxygen atoms in total. The predicted molar refractivity (Wildman–Crippen MR) is 117 cm³/mol. The summed E-state index contributed by atoms with van der Waals surface area (Å²) in [6, 6.07) is 11.6. The molecule has 0 aliphatic heterocycles. The molecule has 1 heterocycles. The first-order valence-corrected chi connectivity index (χ1v) is 10.6. The predicted octanol–water partition coefficient (Wildman–Crippen LogP) is 5.77. The van der Waals surface area contributed by atoms with Crippen molar-refractivity contribution in [2.45, 2.75) is 43.9 Å². The van der Waals surface area contributed by atoms with Gasteiger partial charge in [-0.15, -0.1) is 0 Å². The van der Waals surface area contributed by atoms with Crippen LogP contribution in [-0.2, 0) is 6.18 Å². The maximum Gasteiger partial charge on any atom is 0.433 e. The lowest BCUT2D eigenvalue weighted by Crippen LogP contribution is -2.40. The molecule has 9 heteroatoms. The first-order chi connectivity index (χ1) is 15.2. The van der Waals surface area contributed by atoms with Crippen LogP contribution in [0.25, 0.3) is 10.9 Å². The molecule has 1 aromatic heterocycles. The Morgan fingerprint density at radius 3 is 2.31 bits per heavy atom. The first-order valence-electron chi connectivity index (χ1n) is 10.2. The Morgan fingerprint density at radius 1 is 1.00 bits per heavy atom. The third-order valence-electron chi connectivity index (χ3n) is 5.61. The van der Waals surface area contributed by atoms with E-state index in [-0.39, 0.29) is 29.3 Å². The highest BCUT2D eigenvalue weighted by Gasteiger charge is 2.34. The van der Waals surface area contributed by atoms with Gasteiger partial charge in [0.25, 0.3) is 5.91 Å². The first kappa shape index (κ1) is 22.2. The zero-order chi connectivity index (χ0) is 22.9. The van der Waals surface area contributed by atoms with Gasteiger partial charge in [-0.25, -0.2) is 4.98 Å². The number of fused-ring (bicyclic) bond motifs is 1. The molecule has 0 bridgehead atoms. The second-order valence-electron chi connectivity index (χ2n) is 7.93. The van der Waals surface area contributed by atoms with Crippen LogP contribution in [-0.4, -0.2) is 28.1 Å². The van der Waals surface area contributed by atoms with Gasteiger partial charge < -0.3 is 15.7 Å². The van der Waals surface area contributed by atoms with Gasteiger partial charge in [0.1, 0.15) is 11.4 Å². The van der Waals surface area contributed by atoms with E-state index in [0.717, 1.165) is 6.07 Å². The lowest BCUT2D eigenvalue weighted by molar-refractivity contribution is -0.140. The zero-order valence-electron chi connectivity index (χ0n) is 16.9. The van der Waals surface area contributed by atoms with E-state index in [1.54, 1.807) is 18.2 Å². The number of phenolic OH excluding ortho intramolecular Hbond substituents is 1. The quantitative estimate of drug-likeness (QED) is 0.459. The fourth-order valence-corrected chi connectivity index (χ4v) is 4.12. The van der Waals surface area contributed by atoms with Crippen molar-refractivity contribution in [2.24, 2.45) is 0 Å². The van der Waals surface area contributed by atoms with Crippen molar-refractivity contribution in [3.63, 3.8) is 0 Å². The number of nitrogens with zero attached hydrogens (tertiary/aromatic N) is 1. The molecule has 4 rings (SSSR count). The highest BCUT2D eigenvalue weighted by molar-refractivity contribution is 6.31. The number of alkyl halides is 3. The van der Waals surface area contributed by atoms with Crippen LogP contribution in [0.3, 0.4) is 0 Å². The molecular formula is C23H21ClF3N3O2. The Bertz CT molecular complexity index is 1130. The number of hydrogen-bond donors (Lipinski definition) is 3. The van der Waals surface area contributed by atoms with Gasteiger partial charge in [0.2, 0.25) is 0 Å². The summed E-state index contributed by atoms with van der Waals surface area (Å²) in [5, 5.41) is 16.5. The van der Waals surface area contributed by atoms with Crippen molar-refractivity contribution in [2.75, 3.05) is 5.32 Å². The largest absolute Gasteiger partial charge is 0.508 e. The highest BCUT2D eigenvalue weighted by atomic mass is 35.5. The van der Waals surface area contributed by atoms with Gasteiger partial charge in [-0.3, -0.25) is 4.79 Å². The fraction of sp³-hybridized carbons (Fsp3) is 0.304. The molecule has 0 unspecified atom stereocenters. The van der Waals surface area contributed by atoms with Crippen LogP contribution in [0.4, 0.5) is 18.9 Å². The lowest BCUT2D eigenvalue weighted by Gasteiger charge is -2.30. The normalized spacial score (nSPS) is 19.0. The molecule has 32 heavy (non-hydrogen) atoms. The van der Waals surface area contributed by atoms with Crippen LogP contribution >= 0.6 is 11.6 Å². The Morgan fingerprint density at radius 2 is 1.66 bits per heavy atom. The molecule has 0 atom stereocenters. The number of aromatic nitrogens is 1. The number of anilines is 1. The van der Waals surface area contributed by atoms with Crippen molar-refractivity contribution in [3.05, 3.63) is 64.8 Å². The number of nitrogens with one attached hydrogen (secondary N) is 2. The number of aromatic hydroxyl groups is 1. The van der Waals surface area contributed by atoms with Crippen molar-refractivity contribution in [3.8, 4) is 5.75 Å². The summed E-state index contributed by atoms with van der Waals surface area (Å²) >= 11 is 6.06. The highest BCUT2D eigenvalue weighted by Crippen LogP contribution is 2.35. The number of carbonyl (C=O) groups excluding carboxylic acids is 1. The van der Waals surface area contributed by atoms with E-state index in [2.05, 4.69) is 15.6 Å². The number of amides is 1. The molecule has 2 aromatic carbocycles. The summed E-state index contributed by atoms with van der Waals surface area (Å²) in [4.78, 5) is 16.1. The van der Waals surface area contributed by atoms with Gasteiger partial charge in [0, 0.05) is 33.7 Å². The van der Waals surface area contributed by atoms with Crippen LogP contribution in [0, 0.1) is 0 Å². The minimum Gasteiger partial charge on any atom is -0.508 e. The molecule has 1 saturated carbocycles. The summed E-state index contributed by atoms with van der Waals surface area (Å²) in [5.41, 5.74) is 0.0792. The van der Waals surface area contributed by atoms with Crippen molar-refractivity contribution in [1.82, 2.24) is 10.3 Å². The SMILES string of the molecule is O=C(N[C@H]1CC[C@@H](Nc2cc(C(F)(F)F)nc3ccc(Cl)cc23)CC1)c1ccc(O)cc1. The molecule has 3 N–H and O–H groups in total. The van der Waals surface area contributed by atoms with Crippen LogP contribution < -0.4 is 10.6 Å². The molecule has 3 aromatic rings. The van der Waals surface area contributed by atoms with Crippen LogP contribution in [0.5, 0.6) is 5.75 Å². The number of benzene rings is 2. The maximum atomic E-state index is 13.3. The van der Waals surface area contributed by atoms with Gasteiger partial charge in [-0.05, 0) is 74.2 Å². The smallest absolute Gasteiger partial charge is 0.433 e. The van der Waals surface area contributed by atoms with Gasteiger partial charge >= 0.3 is 6.18 Å². The molecule has 0 spiro atoms. The molecule has 0 radical (unpaired) electrons. The Kier molecular flexibility index (Phi) is 6.15. The zero-order valence-corrected chi connectivity index (χ0v) is 17.7. The summed E-state index contributed by atoms with van der Waals surface area (Å²) in [5.74, 6) is -0.127. The second kappa shape index (κ2) is 8.86. The Balaban J connectivity index is 1.44. The van der Waals surface area contributed by atoms with E-state index >= 15 is 0 Å². The Labute approximate surface area is 187 Å². The topological polar surface area (TPSA) is 74.2 Å². The lowest BCUT2D eigenvalue weighted by atomic mass is 9.90. The number of halogens is 4. The van der Waals surface area contributed by atoms with Gasteiger partial charge in [-0.2, -0.15) is 13.2 Å². The molecular weight excluding hydrogens is 443 g/mol. The third-order valence-corrected chi connectivity index (χ3v) is 5.85. The van der Waals surface area contributed by atoms with Crippen LogP contribution in [0.1, 0.15) is 41.7 Å².